The van der Waals surface area contributed by atoms with E-state index in [0.29, 0.717) is 30.5 Å². The molecule has 2 N–H and O–H groups in total. The highest BCUT2D eigenvalue weighted by Crippen LogP contribution is 2.61. The van der Waals surface area contributed by atoms with Gasteiger partial charge in [-0.15, -0.1) is 0 Å². The molecule has 0 spiro atoms. The lowest BCUT2D eigenvalue weighted by Crippen LogP contribution is -2.59. The van der Waals surface area contributed by atoms with E-state index >= 15 is 0 Å². The molecule has 3 saturated carbocycles. The van der Waals surface area contributed by atoms with Crippen LogP contribution in [0.1, 0.15) is 60.9 Å². The Morgan fingerprint density at radius 2 is 1.95 bits per heavy atom. The molecule has 3 aromatic rings. The van der Waals surface area contributed by atoms with E-state index < -0.39 is 6.10 Å². The number of ether oxygens (including phenoxy) is 1. The number of carbonyl (C=O) groups is 1. The third-order valence-corrected chi connectivity index (χ3v) is 9.79. The van der Waals surface area contributed by atoms with Crippen molar-refractivity contribution in [2.75, 3.05) is 31.6 Å². The molecule has 1 aromatic carbocycles. The Morgan fingerprint density at radius 3 is 2.62 bits per heavy atom. The molecule has 8 rings (SSSR count). The van der Waals surface area contributed by atoms with Gasteiger partial charge in [0.2, 0.25) is 0 Å². The summed E-state index contributed by atoms with van der Waals surface area (Å²) >= 11 is 6.73. The average molecular weight is 522 g/mol. The van der Waals surface area contributed by atoms with E-state index in [1.165, 1.54) is 19.3 Å². The summed E-state index contributed by atoms with van der Waals surface area (Å²) < 4.78 is 7.53. The van der Waals surface area contributed by atoms with Crippen molar-refractivity contribution in [3.63, 3.8) is 0 Å². The molecule has 8 nitrogen and oxygen atoms in total. The number of nitrogens with one attached hydrogen (secondary N) is 1. The summed E-state index contributed by atoms with van der Waals surface area (Å²) in [4.78, 5) is 19.7. The minimum Gasteiger partial charge on any atom is -0.389 e. The third-order valence-electron chi connectivity index (χ3n) is 9.46. The van der Waals surface area contributed by atoms with Gasteiger partial charge in [-0.2, -0.15) is 5.10 Å². The van der Waals surface area contributed by atoms with E-state index in [4.69, 9.17) is 16.3 Å². The van der Waals surface area contributed by atoms with Crippen LogP contribution in [0.15, 0.2) is 36.8 Å². The lowest BCUT2D eigenvalue weighted by atomic mass is 9.50. The highest BCUT2D eigenvalue weighted by atomic mass is 35.5. The molecule has 4 heterocycles. The van der Waals surface area contributed by atoms with E-state index in [2.05, 4.69) is 33.3 Å². The number of hydrogen-bond donors (Lipinski definition) is 2. The molecular weight excluding hydrogens is 490 g/mol. The first-order valence-electron chi connectivity index (χ1n) is 13.3. The molecular formula is C28H32ClN5O3. The number of carbonyl (C=O) groups excluding carboxylic acids is 1. The Bertz CT molecular complexity index is 1370. The molecule has 37 heavy (non-hydrogen) atoms. The zero-order valence-electron chi connectivity index (χ0n) is 21.0. The topological polar surface area (TPSA) is 92.5 Å². The van der Waals surface area contributed by atoms with Crippen molar-refractivity contribution in [2.24, 2.45) is 5.92 Å². The number of rotatable bonds is 5. The van der Waals surface area contributed by atoms with Crippen molar-refractivity contribution >= 4 is 34.1 Å². The molecule has 2 saturated heterocycles. The molecule has 9 heteroatoms. The van der Waals surface area contributed by atoms with Crippen LogP contribution in [0, 0.1) is 5.92 Å². The van der Waals surface area contributed by atoms with Gasteiger partial charge in [0.25, 0.3) is 5.91 Å². The fourth-order valence-electron chi connectivity index (χ4n) is 6.82. The number of benzene rings is 1. The van der Waals surface area contributed by atoms with Crippen LogP contribution in [0.5, 0.6) is 0 Å². The summed E-state index contributed by atoms with van der Waals surface area (Å²) in [6.07, 6.45) is 10.3. The lowest BCUT2D eigenvalue weighted by molar-refractivity contribution is -0.0978. The number of fused-ring (bicyclic) bond motifs is 1. The van der Waals surface area contributed by atoms with Gasteiger partial charge >= 0.3 is 0 Å². The summed E-state index contributed by atoms with van der Waals surface area (Å²) in [6.45, 7) is 4.85. The van der Waals surface area contributed by atoms with Gasteiger partial charge in [-0.3, -0.25) is 14.4 Å². The zero-order valence-corrected chi connectivity index (χ0v) is 21.7. The van der Waals surface area contributed by atoms with E-state index in [-0.39, 0.29) is 17.0 Å². The Hall–Kier alpha value is -2.52. The van der Waals surface area contributed by atoms with E-state index in [1.54, 1.807) is 12.4 Å². The first-order valence-corrected chi connectivity index (χ1v) is 13.7. The van der Waals surface area contributed by atoms with Crippen molar-refractivity contribution in [2.45, 2.75) is 62.1 Å². The zero-order chi connectivity index (χ0) is 25.4. The van der Waals surface area contributed by atoms with E-state index in [1.807, 2.05) is 23.0 Å². The average Bonchev–Trinajstić information content (AvgIpc) is 3.45. The number of aromatic nitrogens is 3. The Kier molecular flexibility index (Phi) is 5.42. The van der Waals surface area contributed by atoms with Gasteiger partial charge < -0.3 is 15.2 Å². The van der Waals surface area contributed by atoms with Crippen LogP contribution in [-0.2, 0) is 10.3 Å². The summed E-state index contributed by atoms with van der Waals surface area (Å²) in [6, 6.07) is 6.04. The monoisotopic (exact) mass is 521 g/mol. The molecule has 194 valence electrons. The van der Waals surface area contributed by atoms with Crippen LogP contribution >= 0.6 is 11.6 Å². The van der Waals surface area contributed by atoms with Gasteiger partial charge in [0.05, 0.1) is 42.2 Å². The minimum atomic E-state index is -0.452. The van der Waals surface area contributed by atoms with E-state index in [9.17, 15) is 9.90 Å². The van der Waals surface area contributed by atoms with Gasteiger partial charge in [-0.1, -0.05) is 11.6 Å². The van der Waals surface area contributed by atoms with Crippen molar-refractivity contribution in [3.05, 3.63) is 52.9 Å². The van der Waals surface area contributed by atoms with Crippen molar-refractivity contribution < 1.29 is 14.6 Å². The summed E-state index contributed by atoms with van der Waals surface area (Å²) in [5.74, 6) is 1.51. The molecule has 2 bridgehead atoms. The van der Waals surface area contributed by atoms with Crippen LogP contribution in [0.2, 0.25) is 5.02 Å². The number of halogens is 1. The smallest absolute Gasteiger partial charge is 0.260 e. The van der Waals surface area contributed by atoms with Crippen molar-refractivity contribution in [1.82, 2.24) is 19.7 Å². The van der Waals surface area contributed by atoms with Crippen molar-refractivity contribution in [1.29, 1.82) is 0 Å². The Labute approximate surface area is 220 Å². The normalized spacial score (nSPS) is 31.8. The van der Waals surface area contributed by atoms with Crippen LogP contribution < -0.4 is 5.32 Å². The van der Waals surface area contributed by atoms with Crippen LogP contribution in [0.25, 0.3) is 10.8 Å². The molecule has 2 aromatic heterocycles. The molecule has 2 aliphatic heterocycles. The fraction of sp³-hybridized carbons (Fsp3) is 0.536. The number of anilines is 1. The largest absolute Gasteiger partial charge is 0.389 e. The number of hydrogen-bond acceptors (Lipinski definition) is 6. The quantitative estimate of drug-likeness (QED) is 0.523. The minimum absolute atomic E-state index is 0.165. The Morgan fingerprint density at radius 1 is 1.16 bits per heavy atom. The van der Waals surface area contributed by atoms with Gasteiger partial charge in [-0.05, 0) is 93.1 Å². The number of likely N-dealkylation sites (tertiary alicyclic amines) is 1. The maximum absolute atomic E-state index is 12.9. The van der Waals surface area contributed by atoms with Crippen molar-refractivity contribution in [3.8, 4) is 0 Å². The Balaban J connectivity index is 1.06. The number of nitrogens with zero attached hydrogens (tertiary/aromatic N) is 4. The number of aliphatic hydroxyl groups is 1. The third kappa shape index (κ3) is 3.80. The van der Waals surface area contributed by atoms with Gasteiger partial charge in [0.15, 0.2) is 0 Å². The standard InChI is InChI=1S/C28H32ClN5O3/c1-27(16-37-15-24(27)35)33-4-2-18(3-5-33)22-6-19-8-25(30-12-20(19)7-23(22)29)32-26(36)21-13-31-34(14-21)28-9-17(10-28)11-28/h6-8,12-14,17-18,24,35H,2-5,9-11,15-16H2,1H3,(H,30,32,36). The molecule has 2 unspecified atom stereocenters. The maximum Gasteiger partial charge on any atom is 0.260 e. The number of pyridine rings is 1. The SMILES string of the molecule is CC1(N2CCC(c3cc4cc(NC(=O)c5cnn(C67CC(C6)C7)c5)ncc4cc3Cl)CC2)COCC1O. The van der Waals surface area contributed by atoms with Gasteiger partial charge in [0.1, 0.15) is 5.82 Å². The van der Waals surface area contributed by atoms with Gasteiger partial charge in [0, 0.05) is 22.8 Å². The van der Waals surface area contributed by atoms with Gasteiger partial charge in [-0.25, -0.2) is 4.98 Å². The predicted molar refractivity (Wildman–Crippen MR) is 141 cm³/mol. The van der Waals surface area contributed by atoms with Crippen LogP contribution in [0.4, 0.5) is 5.82 Å². The number of amides is 1. The second-order valence-corrected chi connectivity index (χ2v) is 12.2. The molecule has 5 fully saturated rings. The molecule has 1 amide bonds. The fourth-order valence-corrected chi connectivity index (χ4v) is 7.15. The molecule has 3 aliphatic carbocycles. The molecule has 2 atom stereocenters. The number of piperidine rings is 1. The molecule has 0 radical (unpaired) electrons. The first-order chi connectivity index (χ1) is 17.8. The lowest BCUT2D eigenvalue weighted by Gasteiger charge is -2.61. The summed E-state index contributed by atoms with van der Waals surface area (Å²) in [5, 5.41) is 20.5. The molecule has 5 aliphatic rings. The highest BCUT2D eigenvalue weighted by Gasteiger charge is 2.58. The number of aliphatic hydroxyl groups excluding tert-OH is 1. The maximum atomic E-state index is 12.9. The summed E-state index contributed by atoms with van der Waals surface area (Å²) in [7, 11) is 0. The predicted octanol–water partition coefficient (Wildman–Crippen LogP) is 4.18. The summed E-state index contributed by atoms with van der Waals surface area (Å²) in [5.41, 5.74) is 1.54. The van der Waals surface area contributed by atoms with Crippen LogP contribution in [-0.4, -0.2) is 68.6 Å². The second kappa shape index (κ2) is 8.50. The second-order valence-electron chi connectivity index (χ2n) is 11.8. The first kappa shape index (κ1) is 23.6. The highest BCUT2D eigenvalue weighted by molar-refractivity contribution is 6.32. The van der Waals surface area contributed by atoms with E-state index in [0.717, 1.165) is 53.2 Å². The van der Waals surface area contributed by atoms with Crippen LogP contribution in [0.3, 0.4) is 0 Å².